The van der Waals surface area contributed by atoms with Crippen molar-refractivity contribution in [1.29, 1.82) is 0 Å². The minimum absolute atomic E-state index is 0.0987. The number of amides is 1. The third-order valence-electron chi connectivity index (χ3n) is 4.69. The molecular formula is C22H24BrN3O2S. The van der Waals surface area contributed by atoms with E-state index in [1.165, 1.54) is 11.8 Å². The summed E-state index contributed by atoms with van der Waals surface area (Å²) < 4.78 is 6.30. The van der Waals surface area contributed by atoms with Gasteiger partial charge in [0, 0.05) is 10.0 Å². The van der Waals surface area contributed by atoms with Gasteiger partial charge in [0.2, 0.25) is 5.91 Å². The van der Waals surface area contributed by atoms with Crippen LogP contribution in [0.15, 0.2) is 57.1 Å². The normalized spacial score (nSPS) is 18.2. The number of hydrogen-bond donors (Lipinski definition) is 0. The second-order valence-electron chi connectivity index (χ2n) is 6.76. The van der Waals surface area contributed by atoms with E-state index in [4.69, 9.17) is 4.74 Å². The second-order valence-corrected chi connectivity index (χ2v) is 8.85. The maximum Gasteiger partial charge on any atom is 0.242 e. The molecular weight excluding hydrogens is 450 g/mol. The molecule has 0 aliphatic carbocycles. The number of nitrogens with zero attached hydrogens (tertiary/aromatic N) is 3. The number of amidine groups is 1. The lowest BCUT2D eigenvalue weighted by atomic mass is 10.1. The third kappa shape index (κ3) is 5.28. The van der Waals surface area contributed by atoms with E-state index in [-0.39, 0.29) is 11.2 Å². The van der Waals surface area contributed by atoms with Crippen molar-refractivity contribution >= 4 is 45.0 Å². The summed E-state index contributed by atoms with van der Waals surface area (Å²) in [7, 11) is 1.62. The Morgan fingerprint density at radius 1 is 1.28 bits per heavy atom. The fourth-order valence-corrected chi connectivity index (χ4v) is 4.67. The van der Waals surface area contributed by atoms with Crippen molar-refractivity contribution in [2.75, 3.05) is 7.11 Å². The van der Waals surface area contributed by atoms with E-state index in [9.17, 15) is 4.79 Å². The minimum Gasteiger partial charge on any atom is -0.496 e. The monoisotopic (exact) mass is 473 g/mol. The molecule has 0 N–H and O–H groups in total. The van der Waals surface area contributed by atoms with Gasteiger partial charge in [-0.25, -0.2) is 0 Å². The van der Waals surface area contributed by atoms with Crippen LogP contribution in [0.25, 0.3) is 0 Å². The summed E-state index contributed by atoms with van der Waals surface area (Å²) in [5.74, 6) is 0.821. The maximum absolute atomic E-state index is 12.9. The van der Waals surface area contributed by atoms with Gasteiger partial charge in [-0.2, -0.15) is 5.10 Å². The molecule has 1 fully saturated rings. The molecule has 0 saturated carbocycles. The summed E-state index contributed by atoms with van der Waals surface area (Å²) >= 11 is 4.96. The second kappa shape index (κ2) is 10.1. The van der Waals surface area contributed by atoms with Crippen molar-refractivity contribution in [2.45, 2.75) is 38.5 Å². The van der Waals surface area contributed by atoms with E-state index < -0.39 is 0 Å². The molecule has 2 aromatic carbocycles. The highest BCUT2D eigenvalue weighted by Crippen LogP contribution is 2.32. The Bertz CT molecular complexity index is 945. The van der Waals surface area contributed by atoms with E-state index >= 15 is 0 Å². The molecule has 0 aromatic heterocycles. The highest BCUT2D eigenvalue weighted by molar-refractivity contribution is 9.10. The lowest BCUT2D eigenvalue weighted by Gasteiger charge is -2.17. The number of ether oxygens (including phenoxy) is 1. The largest absolute Gasteiger partial charge is 0.496 e. The number of rotatable bonds is 7. The average Bonchev–Trinajstić information content (AvgIpc) is 2.99. The number of halogens is 1. The van der Waals surface area contributed by atoms with Gasteiger partial charge in [0.25, 0.3) is 0 Å². The van der Waals surface area contributed by atoms with Crippen LogP contribution in [0, 0.1) is 6.92 Å². The van der Waals surface area contributed by atoms with Crippen molar-refractivity contribution in [3.8, 4) is 5.75 Å². The Morgan fingerprint density at radius 2 is 2.07 bits per heavy atom. The zero-order valence-electron chi connectivity index (χ0n) is 16.8. The fraction of sp³-hybridized carbons (Fsp3) is 0.318. The standard InChI is InChI=1S/C22H24BrN3O2S/c1-4-7-20-21(27)26(14-16-9-6-5-8-15(16)2)22(29-20)25-24-13-17-12-18(23)10-11-19(17)28-3/h5-6,8-13,20H,4,7,14H2,1-3H3. The van der Waals surface area contributed by atoms with Crippen molar-refractivity contribution in [3.05, 3.63) is 63.6 Å². The Kier molecular flexibility index (Phi) is 7.50. The van der Waals surface area contributed by atoms with Crippen molar-refractivity contribution in [3.63, 3.8) is 0 Å². The molecule has 2 aromatic rings. The Balaban J connectivity index is 1.87. The van der Waals surface area contributed by atoms with Crippen LogP contribution in [0.2, 0.25) is 0 Å². The molecule has 7 heteroatoms. The van der Waals surface area contributed by atoms with Crippen molar-refractivity contribution in [2.24, 2.45) is 10.2 Å². The van der Waals surface area contributed by atoms with Gasteiger partial charge in [0.15, 0.2) is 5.17 Å². The summed E-state index contributed by atoms with van der Waals surface area (Å²) in [4.78, 5) is 14.7. The predicted molar refractivity (Wildman–Crippen MR) is 124 cm³/mol. The molecule has 3 rings (SSSR count). The maximum atomic E-state index is 12.9. The van der Waals surface area contributed by atoms with Crippen LogP contribution < -0.4 is 4.74 Å². The Hall–Kier alpha value is -2.12. The van der Waals surface area contributed by atoms with Gasteiger partial charge in [-0.05, 0) is 42.7 Å². The van der Waals surface area contributed by atoms with Gasteiger partial charge in [-0.3, -0.25) is 9.69 Å². The first-order valence-corrected chi connectivity index (χ1v) is 11.2. The molecule has 1 heterocycles. The highest BCUT2D eigenvalue weighted by Gasteiger charge is 2.37. The number of thioether (sulfide) groups is 1. The van der Waals surface area contributed by atoms with E-state index in [1.807, 2.05) is 36.4 Å². The van der Waals surface area contributed by atoms with Crippen LogP contribution in [-0.4, -0.2) is 34.5 Å². The summed E-state index contributed by atoms with van der Waals surface area (Å²) in [5.41, 5.74) is 3.09. The lowest BCUT2D eigenvalue weighted by molar-refractivity contribution is -0.126. The molecule has 1 saturated heterocycles. The summed E-state index contributed by atoms with van der Waals surface area (Å²) in [6.07, 6.45) is 3.43. The van der Waals surface area contributed by atoms with Crippen molar-refractivity contribution < 1.29 is 9.53 Å². The molecule has 1 amide bonds. The van der Waals surface area contributed by atoms with Crippen LogP contribution in [0.1, 0.15) is 36.5 Å². The molecule has 5 nitrogen and oxygen atoms in total. The topological polar surface area (TPSA) is 54.3 Å². The summed E-state index contributed by atoms with van der Waals surface area (Å²) in [6.45, 7) is 4.65. The highest BCUT2D eigenvalue weighted by atomic mass is 79.9. The van der Waals surface area contributed by atoms with E-state index in [0.717, 1.165) is 34.0 Å². The van der Waals surface area contributed by atoms with Gasteiger partial charge in [0.1, 0.15) is 5.75 Å². The van der Waals surface area contributed by atoms with Crippen LogP contribution in [-0.2, 0) is 11.3 Å². The summed E-state index contributed by atoms with van der Waals surface area (Å²) in [5, 5.41) is 9.20. The molecule has 1 aliphatic rings. The smallest absolute Gasteiger partial charge is 0.242 e. The van der Waals surface area contributed by atoms with Crippen molar-refractivity contribution in [1.82, 2.24) is 4.90 Å². The molecule has 29 heavy (non-hydrogen) atoms. The van der Waals surface area contributed by atoms with Crippen LogP contribution in [0.3, 0.4) is 0 Å². The average molecular weight is 474 g/mol. The first-order valence-electron chi connectivity index (χ1n) is 9.50. The number of carbonyl (C=O) groups is 1. The van der Waals surface area contributed by atoms with E-state index in [1.54, 1.807) is 18.2 Å². The van der Waals surface area contributed by atoms with Crippen LogP contribution >= 0.6 is 27.7 Å². The number of hydrogen-bond acceptors (Lipinski definition) is 5. The van der Waals surface area contributed by atoms with Gasteiger partial charge in [-0.15, -0.1) is 5.10 Å². The number of benzene rings is 2. The third-order valence-corrected chi connectivity index (χ3v) is 6.42. The molecule has 1 atom stereocenters. The van der Waals surface area contributed by atoms with Crippen LogP contribution in [0.4, 0.5) is 0 Å². The zero-order chi connectivity index (χ0) is 20.8. The predicted octanol–water partition coefficient (Wildman–Crippen LogP) is 5.40. The van der Waals surface area contributed by atoms with Crippen LogP contribution in [0.5, 0.6) is 5.75 Å². The number of methoxy groups -OCH3 is 1. The first-order chi connectivity index (χ1) is 14.0. The Labute approximate surface area is 184 Å². The number of carbonyl (C=O) groups excluding carboxylic acids is 1. The van der Waals surface area contributed by atoms with Gasteiger partial charge < -0.3 is 4.74 Å². The number of aryl methyl sites for hydroxylation is 1. The lowest BCUT2D eigenvalue weighted by Crippen LogP contribution is -2.31. The zero-order valence-corrected chi connectivity index (χ0v) is 19.2. The molecule has 1 unspecified atom stereocenters. The minimum atomic E-state index is -0.0987. The Morgan fingerprint density at radius 3 is 2.79 bits per heavy atom. The molecule has 0 bridgehead atoms. The molecule has 1 aliphatic heterocycles. The van der Waals surface area contributed by atoms with Gasteiger partial charge >= 0.3 is 0 Å². The van der Waals surface area contributed by atoms with Gasteiger partial charge in [-0.1, -0.05) is 65.3 Å². The molecule has 152 valence electrons. The SMILES string of the molecule is CCCC1SC(=NN=Cc2cc(Br)ccc2OC)N(Cc2ccccc2C)C1=O. The van der Waals surface area contributed by atoms with Gasteiger partial charge in [0.05, 0.1) is 25.1 Å². The van der Waals surface area contributed by atoms with E-state index in [0.29, 0.717) is 17.5 Å². The fourth-order valence-electron chi connectivity index (χ4n) is 3.08. The quantitative estimate of drug-likeness (QED) is 0.399. The molecule has 0 spiro atoms. The van der Waals surface area contributed by atoms with E-state index in [2.05, 4.69) is 46.0 Å². The molecule has 0 radical (unpaired) electrons. The summed E-state index contributed by atoms with van der Waals surface area (Å²) in [6, 6.07) is 13.8. The first kappa shape index (κ1) is 21.6.